The van der Waals surface area contributed by atoms with Crippen LogP contribution in [0.15, 0.2) is 18.2 Å². The van der Waals surface area contributed by atoms with E-state index in [0.717, 1.165) is 11.3 Å². The van der Waals surface area contributed by atoms with Crippen molar-refractivity contribution in [2.75, 3.05) is 5.32 Å². The zero-order valence-electron chi connectivity index (χ0n) is 12.1. The molecule has 0 fully saturated rings. The molecule has 2 heterocycles. The van der Waals surface area contributed by atoms with Gasteiger partial charge in [-0.2, -0.15) is 0 Å². The molecule has 0 spiro atoms. The number of halogens is 2. The first-order valence-electron chi connectivity index (χ1n) is 6.60. The van der Waals surface area contributed by atoms with E-state index in [9.17, 15) is 9.90 Å². The molecule has 0 amide bonds. The number of hydrogen-bond donors (Lipinski definition) is 2. The Bertz CT molecular complexity index is 940. The summed E-state index contributed by atoms with van der Waals surface area (Å²) >= 11 is 13.3. The Balaban J connectivity index is 2.20. The number of carboxylic acids is 1. The number of aromatic carboxylic acids is 1. The van der Waals surface area contributed by atoms with E-state index in [4.69, 9.17) is 23.2 Å². The van der Waals surface area contributed by atoms with Crippen molar-refractivity contribution in [1.82, 2.24) is 9.97 Å². The van der Waals surface area contributed by atoms with Gasteiger partial charge >= 0.3 is 5.97 Å². The fourth-order valence-electron chi connectivity index (χ4n) is 2.26. The molecule has 1 aromatic carbocycles. The molecule has 0 radical (unpaired) electrons. The van der Waals surface area contributed by atoms with Gasteiger partial charge in [-0.1, -0.05) is 23.2 Å². The molecule has 0 saturated heterocycles. The van der Waals surface area contributed by atoms with E-state index in [1.807, 2.05) is 0 Å². The van der Waals surface area contributed by atoms with Crippen molar-refractivity contribution in [3.8, 4) is 0 Å². The summed E-state index contributed by atoms with van der Waals surface area (Å²) in [5.41, 5.74) is 1.22. The van der Waals surface area contributed by atoms with E-state index in [2.05, 4.69) is 15.3 Å². The minimum atomic E-state index is -0.977. The van der Waals surface area contributed by atoms with E-state index >= 15 is 0 Å². The van der Waals surface area contributed by atoms with E-state index in [1.54, 1.807) is 32.0 Å². The standard InChI is InChI=1S/C15H11Cl2N3O2S/c1-6-11-13(20-10-5-8(16)3-4-9(10)17)18-7(2)19-14(11)23-12(6)15(21)22/h3-5H,1-2H3,(H,21,22)(H,18,19,20). The lowest BCUT2D eigenvalue weighted by molar-refractivity contribution is 0.0701. The van der Waals surface area contributed by atoms with E-state index in [-0.39, 0.29) is 4.88 Å². The van der Waals surface area contributed by atoms with Crippen molar-refractivity contribution in [2.45, 2.75) is 13.8 Å². The van der Waals surface area contributed by atoms with Crippen LogP contribution in [-0.4, -0.2) is 21.0 Å². The number of thiophene rings is 1. The minimum absolute atomic E-state index is 0.250. The molecule has 3 aromatic rings. The van der Waals surface area contributed by atoms with Gasteiger partial charge in [-0.05, 0) is 37.6 Å². The Morgan fingerprint density at radius 3 is 2.70 bits per heavy atom. The van der Waals surface area contributed by atoms with Gasteiger partial charge in [-0.3, -0.25) is 0 Å². The van der Waals surface area contributed by atoms with Gasteiger partial charge in [0.1, 0.15) is 21.3 Å². The Kier molecular flexibility index (Phi) is 4.14. The molecule has 0 aliphatic carbocycles. The van der Waals surface area contributed by atoms with E-state index in [0.29, 0.717) is 43.2 Å². The number of aryl methyl sites for hydroxylation is 2. The number of nitrogens with one attached hydrogen (secondary N) is 1. The van der Waals surface area contributed by atoms with Gasteiger partial charge in [-0.25, -0.2) is 14.8 Å². The molecule has 5 nitrogen and oxygen atoms in total. The molecular weight excluding hydrogens is 357 g/mol. The van der Waals surface area contributed by atoms with Gasteiger partial charge in [0.2, 0.25) is 0 Å². The van der Waals surface area contributed by atoms with Crippen molar-refractivity contribution < 1.29 is 9.90 Å². The Hall–Kier alpha value is -1.89. The third kappa shape index (κ3) is 2.97. The lowest BCUT2D eigenvalue weighted by Crippen LogP contribution is -1.99. The van der Waals surface area contributed by atoms with E-state index < -0.39 is 5.97 Å². The van der Waals surface area contributed by atoms with Crippen LogP contribution in [0.25, 0.3) is 10.2 Å². The average Bonchev–Trinajstić information content (AvgIpc) is 2.80. The number of anilines is 2. The number of nitrogens with zero attached hydrogens (tertiary/aromatic N) is 2. The van der Waals surface area contributed by atoms with Gasteiger partial charge < -0.3 is 10.4 Å². The third-order valence-electron chi connectivity index (χ3n) is 3.28. The molecule has 118 valence electrons. The number of carbonyl (C=O) groups is 1. The molecule has 23 heavy (non-hydrogen) atoms. The topological polar surface area (TPSA) is 75.1 Å². The Morgan fingerprint density at radius 2 is 2.00 bits per heavy atom. The molecule has 0 aliphatic heterocycles. The summed E-state index contributed by atoms with van der Waals surface area (Å²) in [5, 5.41) is 14.1. The van der Waals surface area contributed by atoms with Crippen molar-refractivity contribution in [2.24, 2.45) is 0 Å². The van der Waals surface area contributed by atoms with Gasteiger partial charge in [0, 0.05) is 5.02 Å². The van der Waals surface area contributed by atoms with Crippen LogP contribution < -0.4 is 5.32 Å². The maximum absolute atomic E-state index is 11.3. The second-order valence-corrected chi connectivity index (χ2v) is 6.75. The first-order valence-corrected chi connectivity index (χ1v) is 8.17. The first kappa shape index (κ1) is 16.0. The summed E-state index contributed by atoms with van der Waals surface area (Å²) < 4.78 is 0. The monoisotopic (exact) mass is 367 g/mol. The summed E-state index contributed by atoms with van der Waals surface area (Å²) in [6.45, 7) is 3.49. The van der Waals surface area contributed by atoms with Crippen molar-refractivity contribution >= 4 is 62.2 Å². The molecule has 0 atom stereocenters. The molecule has 8 heteroatoms. The number of benzene rings is 1. The van der Waals surface area contributed by atoms with Crippen LogP contribution in [-0.2, 0) is 0 Å². The quantitative estimate of drug-likeness (QED) is 0.676. The van der Waals surface area contributed by atoms with Crippen LogP contribution in [0.2, 0.25) is 10.0 Å². The predicted octanol–water partition coefficient (Wildman–Crippen LogP) is 5.06. The maximum Gasteiger partial charge on any atom is 0.346 e. The van der Waals surface area contributed by atoms with Crippen molar-refractivity contribution in [3.63, 3.8) is 0 Å². The molecule has 3 rings (SSSR count). The second kappa shape index (κ2) is 5.96. The molecule has 0 saturated carbocycles. The van der Waals surface area contributed by atoms with Crippen LogP contribution in [0.1, 0.15) is 21.1 Å². The predicted molar refractivity (Wildman–Crippen MR) is 93.6 cm³/mol. The molecule has 0 bridgehead atoms. The zero-order valence-corrected chi connectivity index (χ0v) is 14.5. The van der Waals surface area contributed by atoms with Gasteiger partial charge in [-0.15, -0.1) is 11.3 Å². The third-order valence-corrected chi connectivity index (χ3v) is 5.02. The zero-order chi connectivity index (χ0) is 16.7. The highest BCUT2D eigenvalue weighted by Crippen LogP contribution is 2.36. The van der Waals surface area contributed by atoms with Crippen LogP contribution in [0, 0.1) is 13.8 Å². The van der Waals surface area contributed by atoms with Crippen LogP contribution in [0.4, 0.5) is 11.5 Å². The molecule has 2 aromatic heterocycles. The summed E-state index contributed by atoms with van der Waals surface area (Å²) in [5.74, 6) is 0.0733. The van der Waals surface area contributed by atoms with Crippen molar-refractivity contribution in [3.05, 3.63) is 44.5 Å². The van der Waals surface area contributed by atoms with Crippen LogP contribution in [0.3, 0.4) is 0 Å². The van der Waals surface area contributed by atoms with Gasteiger partial charge in [0.15, 0.2) is 0 Å². The van der Waals surface area contributed by atoms with Crippen molar-refractivity contribution in [1.29, 1.82) is 0 Å². The molecular formula is C15H11Cl2N3O2S. The van der Waals surface area contributed by atoms with Crippen LogP contribution in [0.5, 0.6) is 0 Å². The fourth-order valence-corrected chi connectivity index (χ4v) is 3.66. The molecule has 0 aliphatic rings. The fraction of sp³-hybridized carbons (Fsp3) is 0.133. The normalized spacial score (nSPS) is 11.0. The largest absolute Gasteiger partial charge is 0.477 e. The van der Waals surface area contributed by atoms with Gasteiger partial charge in [0.05, 0.1) is 16.1 Å². The smallest absolute Gasteiger partial charge is 0.346 e. The number of carboxylic acid groups (broad SMARTS) is 1. The number of rotatable bonds is 3. The summed E-state index contributed by atoms with van der Waals surface area (Å²) in [7, 11) is 0. The Morgan fingerprint density at radius 1 is 1.26 bits per heavy atom. The lowest BCUT2D eigenvalue weighted by Gasteiger charge is -2.10. The van der Waals surface area contributed by atoms with E-state index in [1.165, 1.54) is 0 Å². The van der Waals surface area contributed by atoms with Crippen LogP contribution >= 0.6 is 34.5 Å². The Labute approximate surface area is 145 Å². The second-order valence-electron chi connectivity index (χ2n) is 4.91. The number of fused-ring (bicyclic) bond motifs is 1. The highest BCUT2D eigenvalue weighted by atomic mass is 35.5. The minimum Gasteiger partial charge on any atom is -0.477 e. The first-order chi connectivity index (χ1) is 10.9. The number of hydrogen-bond acceptors (Lipinski definition) is 5. The maximum atomic E-state index is 11.3. The highest BCUT2D eigenvalue weighted by Gasteiger charge is 2.20. The number of aromatic nitrogens is 2. The summed E-state index contributed by atoms with van der Waals surface area (Å²) in [4.78, 5) is 20.9. The van der Waals surface area contributed by atoms with Gasteiger partial charge in [0.25, 0.3) is 0 Å². The average molecular weight is 368 g/mol. The molecule has 0 unspecified atom stereocenters. The molecule has 2 N–H and O–H groups in total. The summed E-state index contributed by atoms with van der Waals surface area (Å²) in [6.07, 6.45) is 0. The lowest BCUT2D eigenvalue weighted by atomic mass is 10.2. The summed E-state index contributed by atoms with van der Waals surface area (Å²) in [6, 6.07) is 5.06. The highest BCUT2D eigenvalue weighted by molar-refractivity contribution is 7.20. The SMILES string of the molecule is Cc1nc(Nc2cc(Cl)ccc2Cl)c2c(C)c(C(=O)O)sc2n1.